The van der Waals surface area contributed by atoms with E-state index in [4.69, 9.17) is 24.5 Å². The van der Waals surface area contributed by atoms with Crippen molar-refractivity contribution in [1.29, 1.82) is 0 Å². The number of hydrogen-bond donors (Lipinski definition) is 3. The Bertz CT molecular complexity index is 1100. The smallest absolute Gasteiger partial charge is 0.414 e. The summed E-state index contributed by atoms with van der Waals surface area (Å²) in [7, 11) is 1.62. The Balaban J connectivity index is 0.000000568. The van der Waals surface area contributed by atoms with Gasteiger partial charge in [0.2, 0.25) is 0 Å². The molecule has 0 radical (unpaired) electrons. The van der Waals surface area contributed by atoms with Crippen LogP contribution < -0.4 is 4.74 Å². The Morgan fingerprint density at radius 1 is 0.919 bits per heavy atom. The van der Waals surface area contributed by atoms with Crippen LogP contribution in [0.15, 0.2) is 36.4 Å². The van der Waals surface area contributed by atoms with Gasteiger partial charge in [0.15, 0.2) is 5.78 Å². The Hall–Kier alpha value is -3.28. The third kappa shape index (κ3) is 7.37. The van der Waals surface area contributed by atoms with Gasteiger partial charge in [-0.2, -0.15) is 0 Å². The number of rotatable bonds is 5. The second-order valence-electron chi connectivity index (χ2n) is 9.10. The van der Waals surface area contributed by atoms with Crippen molar-refractivity contribution >= 4 is 35.0 Å². The van der Waals surface area contributed by atoms with Gasteiger partial charge in [0.05, 0.1) is 18.1 Å². The summed E-state index contributed by atoms with van der Waals surface area (Å²) in [6, 6.07) is 11.2. The van der Waals surface area contributed by atoms with Crippen LogP contribution in [-0.2, 0) is 9.59 Å². The van der Waals surface area contributed by atoms with E-state index >= 15 is 0 Å². The predicted molar refractivity (Wildman–Crippen MR) is 136 cm³/mol. The number of piperidine rings is 2. The average Bonchev–Trinajstić information content (AvgIpc) is 3.34. The number of thiophene rings is 1. The number of nitrogens with zero attached hydrogens (tertiary/aromatic N) is 2. The lowest BCUT2D eigenvalue weighted by atomic mass is 9.87. The summed E-state index contributed by atoms with van der Waals surface area (Å²) in [6.45, 7) is 4.61. The largest absolute Gasteiger partial charge is 0.497 e. The number of ether oxygens (including phenoxy) is 1. The summed E-state index contributed by atoms with van der Waals surface area (Å²) in [5.41, 5.74) is 0.731. The first kappa shape index (κ1) is 28.3. The van der Waals surface area contributed by atoms with Gasteiger partial charge >= 0.3 is 11.9 Å². The average molecular weight is 533 g/mol. The molecule has 0 saturated carbocycles. The molecular weight excluding hydrogens is 500 g/mol. The zero-order valence-electron chi connectivity index (χ0n) is 20.8. The molecule has 1 aromatic heterocycles. The zero-order valence-corrected chi connectivity index (χ0v) is 21.6. The molecule has 10 nitrogen and oxygen atoms in total. The molecule has 2 aromatic rings. The quantitative estimate of drug-likeness (QED) is 0.390. The van der Waals surface area contributed by atoms with Crippen molar-refractivity contribution < 1.29 is 39.2 Å². The summed E-state index contributed by atoms with van der Waals surface area (Å²) >= 11 is 1.50. The van der Waals surface area contributed by atoms with Gasteiger partial charge in [0.25, 0.3) is 5.91 Å². The zero-order chi connectivity index (χ0) is 27.1. The minimum Gasteiger partial charge on any atom is -0.497 e. The normalized spacial score (nSPS) is 20.5. The van der Waals surface area contributed by atoms with Gasteiger partial charge < -0.3 is 25.0 Å². The Morgan fingerprint density at radius 2 is 1.54 bits per heavy atom. The number of likely N-dealkylation sites (tertiary alicyclic amines) is 2. The van der Waals surface area contributed by atoms with Crippen LogP contribution in [0.3, 0.4) is 0 Å². The molecule has 0 bridgehead atoms. The molecule has 11 heteroatoms. The van der Waals surface area contributed by atoms with Crippen LogP contribution in [0.4, 0.5) is 0 Å². The third-order valence-corrected chi connectivity index (χ3v) is 7.70. The number of aliphatic carboxylic acids is 2. The highest BCUT2D eigenvalue weighted by molar-refractivity contribution is 7.13. The van der Waals surface area contributed by atoms with Gasteiger partial charge in [0.1, 0.15) is 5.75 Å². The van der Waals surface area contributed by atoms with Crippen molar-refractivity contribution in [3.8, 4) is 5.75 Å². The number of ketones is 1. The van der Waals surface area contributed by atoms with Gasteiger partial charge in [-0.3, -0.25) is 14.5 Å². The number of amides is 1. The number of aryl methyl sites for hydroxylation is 1. The first-order valence-corrected chi connectivity index (χ1v) is 12.8. The van der Waals surface area contributed by atoms with E-state index in [0.29, 0.717) is 13.1 Å². The topological polar surface area (TPSA) is 145 Å². The highest BCUT2D eigenvalue weighted by Crippen LogP contribution is 2.28. The van der Waals surface area contributed by atoms with Crippen LogP contribution in [-0.4, -0.2) is 94.2 Å². The maximum absolute atomic E-state index is 12.8. The van der Waals surface area contributed by atoms with Gasteiger partial charge in [0, 0.05) is 35.5 Å². The minimum atomic E-state index is -1.82. The molecule has 0 unspecified atom stereocenters. The van der Waals surface area contributed by atoms with Crippen molar-refractivity contribution in [2.45, 2.75) is 38.3 Å². The van der Waals surface area contributed by atoms with E-state index in [-0.39, 0.29) is 23.7 Å². The fourth-order valence-electron chi connectivity index (χ4n) is 4.72. The second kappa shape index (κ2) is 12.8. The van der Waals surface area contributed by atoms with Gasteiger partial charge in [-0.1, -0.05) is 0 Å². The van der Waals surface area contributed by atoms with E-state index in [2.05, 4.69) is 4.90 Å². The monoisotopic (exact) mass is 532 g/mol. The molecule has 1 amide bonds. The van der Waals surface area contributed by atoms with E-state index in [1.807, 2.05) is 43.3 Å². The van der Waals surface area contributed by atoms with Crippen molar-refractivity contribution in [2.75, 3.05) is 33.3 Å². The lowest BCUT2D eigenvalue weighted by Gasteiger charge is -2.44. The molecule has 3 heterocycles. The number of carboxylic acid groups (broad SMARTS) is 2. The van der Waals surface area contributed by atoms with Crippen LogP contribution in [0.5, 0.6) is 5.75 Å². The maximum atomic E-state index is 12.8. The number of hydrogen-bond acceptors (Lipinski definition) is 8. The number of Topliss-reactive ketones (excluding diaryl/α,β-unsaturated/α-hetero) is 1. The van der Waals surface area contributed by atoms with Gasteiger partial charge in [-0.25, -0.2) is 9.59 Å². The number of carbonyl (C=O) groups excluding carboxylic acids is 2. The number of β-amino-alcohol motifs (C(OH)–C–C–N with tert-alkyl or cyclic N) is 1. The first-order valence-electron chi connectivity index (χ1n) is 12.0. The molecule has 1 aromatic carbocycles. The van der Waals surface area contributed by atoms with E-state index in [0.717, 1.165) is 53.4 Å². The summed E-state index contributed by atoms with van der Waals surface area (Å²) in [5, 5.41) is 25.6. The van der Waals surface area contributed by atoms with Crippen molar-refractivity contribution in [3.05, 3.63) is 51.7 Å². The van der Waals surface area contributed by atoms with Crippen molar-refractivity contribution in [2.24, 2.45) is 5.92 Å². The molecule has 0 spiro atoms. The Kier molecular flexibility index (Phi) is 9.79. The summed E-state index contributed by atoms with van der Waals surface area (Å²) in [6.07, 6.45) is 1.79. The maximum Gasteiger partial charge on any atom is 0.414 e. The summed E-state index contributed by atoms with van der Waals surface area (Å²) in [5.74, 6) is -2.68. The molecule has 2 atom stereocenters. The van der Waals surface area contributed by atoms with E-state index in [1.165, 1.54) is 11.3 Å². The molecule has 4 rings (SSSR count). The number of aliphatic hydroxyl groups is 1. The summed E-state index contributed by atoms with van der Waals surface area (Å²) in [4.78, 5) is 49.7. The molecule has 3 N–H and O–H groups in total. The van der Waals surface area contributed by atoms with E-state index in [9.17, 15) is 14.7 Å². The van der Waals surface area contributed by atoms with Crippen LogP contribution in [0.1, 0.15) is 44.2 Å². The molecule has 2 aliphatic rings. The molecular formula is C26H32N2O8S. The predicted octanol–water partition coefficient (Wildman–Crippen LogP) is 2.39. The fourth-order valence-corrected chi connectivity index (χ4v) is 5.55. The lowest BCUT2D eigenvalue weighted by molar-refractivity contribution is -0.159. The van der Waals surface area contributed by atoms with Crippen LogP contribution in [0.2, 0.25) is 0 Å². The molecule has 2 aliphatic heterocycles. The molecule has 2 fully saturated rings. The molecule has 0 aliphatic carbocycles. The lowest BCUT2D eigenvalue weighted by Crippen LogP contribution is -2.57. The van der Waals surface area contributed by atoms with E-state index in [1.54, 1.807) is 12.0 Å². The number of methoxy groups -OCH3 is 1. The third-order valence-electron chi connectivity index (χ3n) is 6.71. The summed E-state index contributed by atoms with van der Waals surface area (Å²) < 4.78 is 5.17. The Labute approximate surface area is 219 Å². The standard InChI is InChI=1S/C24H30N2O4S.C2H2O4/c1-16-3-8-22(31-16)24(29)26-14-11-20(21(27)15-26)25-12-9-18(10-13-25)23(28)17-4-6-19(30-2)7-5-17;3-1(4)2(5)6/h3-8,18,20-21,27H,9-15H2,1-2H3;(H,3,4)(H,5,6)/t20-,21-;/m1./s1. The van der Waals surface area contributed by atoms with E-state index < -0.39 is 18.0 Å². The van der Waals surface area contributed by atoms with Gasteiger partial charge in [-0.05, 0) is 75.7 Å². The van der Waals surface area contributed by atoms with Crippen LogP contribution in [0, 0.1) is 12.8 Å². The number of aliphatic hydroxyl groups excluding tert-OH is 1. The number of carboxylic acids is 2. The van der Waals surface area contributed by atoms with Crippen LogP contribution in [0.25, 0.3) is 0 Å². The van der Waals surface area contributed by atoms with Crippen molar-refractivity contribution in [1.82, 2.24) is 9.80 Å². The molecule has 2 saturated heterocycles. The Morgan fingerprint density at radius 3 is 2.03 bits per heavy atom. The fraction of sp³-hybridized carbons (Fsp3) is 0.462. The number of carbonyl (C=O) groups is 4. The second-order valence-corrected chi connectivity index (χ2v) is 10.4. The SMILES string of the molecule is COc1ccc(C(=O)C2CCN([C@@H]3CCN(C(=O)c4ccc(C)s4)C[C@H]3O)CC2)cc1.O=C(O)C(=O)O. The number of benzene rings is 1. The molecule has 37 heavy (non-hydrogen) atoms. The molecule has 200 valence electrons. The van der Waals surface area contributed by atoms with Crippen LogP contribution >= 0.6 is 11.3 Å². The van der Waals surface area contributed by atoms with Gasteiger partial charge in [-0.15, -0.1) is 11.3 Å². The first-order chi connectivity index (χ1) is 17.6. The highest BCUT2D eigenvalue weighted by atomic mass is 32.1. The highest BCUT2D eigenvalue weighted by Gasteiger charge is 2.37. The van der Waals surface area contributed by atoms with Crippen molar-refractivity contribution in [3.63, 3.8) is 0 Å². The minimum absolute atomic E-state index is 0.0133.